The van der Waals surface area contributed by atoms with Crippen LogP contribution in [0.5, 0.6) is 0 Å². The molecule has 0 unspecified atom stereocenters. The van der Waals surface area contributed by atoms with Gasteiger partial charge in [-0.2, -0.15) is 8.42 Å². The second-order valence-electron chi connectivity index (χ2n) is 3.63. The molecule has 0 saturated heterocycles. The summed E-state index contributed by atoms with van der Waals surface area (Å²) in [5, 5.41) is 0. The summed E-state index contributed by atoms with van der Waals surface area (Å²) in [4.78, 5) is 0. The molecular formula is C9H17N2O4S+. The first-order valence-corrected chi connectivity index (χ1v) is 6.47. The van der Waals surface area contributed by atoms with Crippen molar-refractivity contribution >= 4 is 10.4 Å². The second-order valence-corrected chi connectivity index (χ2v) is 4.72. The number of hydrogen-bond acceptors (Lipinski definition) is 3. The first-order valence-electron chi connectivity index (χ1n) is 5.10. The van der Waals surface area contributed by atoms with E-state index >= 15 is 0 Å². The number of nitrogens with zero attached hydrogens (tertiary/aromatic N) is 2. The summed E-state index contributed by atoms with van der Waals surface area (Å²) in [6, 6.07) is 0. The van der Waals surface area contributed by atoms with E-state index in [1.807, 2.05) is 30.3 Å². The number of rotatable bonds is 7. The van der Waals surface area contributed by atoms with Gasteiger partial charge in [0.05, 0.1) is 20.2 Å². The predicted molar refractivity (Wildman–Crippen MR) is 57.0 cm³/mol. The second kappa shape index (κ2) is 5.97. The Labute approximate surface area is 95.4 Å². The molecule has 0 atom stereocenters. The topological polar surface area (TPSA) is 72.4 Å². The van der Waals surface area contributed by atoms with E-state index in [0.29, 0.717) is 6.42 Å². The Balaban J connectivity index is 2.04. The number of unbranched alkanes of at least 4 members (excludes halogenated alkanes) is 2. The van der Waals surface area contributed by atoms with Crippen molar-refractivity contribution < 1.29 is 21.7 Å². The fourth-order valence-electron chi connectivity index (χ4n) is 1.37. The van der Waals surface area contributed by atoms with Crippen LogP contribution >= 0.6 is 0 Å². The summed E-state index contributed by atoms with van der Waals surface area (Å²) >= 11 is 0. The van der Waals surface area contributed by atoms with Gasteiger partial charge in [0.25, 0.3) is 0 Å². The van der Waals surface area contributed by atoms with E-state index in [1.54, 1.807) is 0 Å². The summed E-state index contributed by atoms with van der Waals surface area (Å²) in [7, 11) is -2.31. The van der Waals surface area contributed by atoms with Gasteiger partial charge in [-0.05, 0) is 19.3 Å². The maximum atomic E-state index is 10.2. The van der Waals surface area contributed by atoms with Crippen LogP contribution in [0.1, 0.15) is 19.3 Å². The van der Waals surface area contributed by atoms with E-state index < -0.39 is 10.4 Å². The molecule has 16 heavy (non-hydrogen) atoms. The molecule has 1 N–H and O–H groups in total. The minimum atomic E-state index is -4.27. The summed E-state index contributed by atoms with van der Waals surface area (Å²) < 4.78 is 36.9. The Morgan fingerprint density at radius 1 is 1.38 bits per heavy atom. The van der Waals surface area contributed by atoms with Crippen LogP contribution in [0.25, 0.3) is 0 Å². The van der Waals surface area contributed by atoms with Gasteiger partial charge in [0.1, 0.15) is 12.4 Å². The summed E-state index contributed by atoms with van der Waals surface area (Å²) in [5.74, 6) is 0. The zero-order chi connectivity index (χ0) is 12.0. The van der Waals surface area contributed by atoms with Crippen LogP contribution in [0.4, 0.5) is 0 Å². The van der Waals surface area contributed by atoms with Crippen LogP contribution in [0.2, 0.25) is 0 Å². The minimum Gasteiger partial charge on any atom is -0.264 e. The number of aryl methyl sites for hydroxylation is 2. The van der Waals surface area contributed by atoms with Crippen molar-refractivity contribution in [3.8, 4) is 0 Å². The molecular weight excluding hydrogens is 232 g/mol. The van der Waals surface area contributed by atoms with Crippen molar-refractivity contribution in [2.45, 2.75) is 25.8 Å². The molecule has 0 radical (unpaired) electrons. The molecule has 0 aliphatic rings. The van der Waals surface area contributed by atoms with Gasteiger partial charge in [-0.3, -0.25) is 4.55 Å². The largest absolute Gasteiger partial charge is 0.397 e. The molecule has 0 fully saturated rings. The summed E-state index contributed by atoms with van der Waals surface area (Å²) in [6.45, 7) is 0.936. The quantitative estimate of drug-likeness (QED) is 0.428. The van der Waals surface area contributed by atoms with Crippen LogP contribution in [-0.4, -0.2) is 24.1 Å². The fourth-order valence-corrected chi connectivity index (χ4v) is 1.70. The van der Waals surface area contributed by atoms with E-state index in [9.17, 15) is 8.42 Å². The van der Waals surface area contributed by atoms with Crippen molar-refractivity contribution in [2.24, 2.45) is 7.05 Å². The highest BCUT2D eigenvalue weighted by Crippen LogP contribution is 1.98. The maximum absolute atomic E-state index is 10.2. The third-order valence-electron chi connectivity index (χ3n) is 2.12. The number of hydrogen-bond donors (Lipinski definition) is 1. The SMILES string of the molecule is Cn1cc[n+](CCCCCOS(=O)(=O)O)c1. The molecule has 92 valence electrons. The summed E-state index contributed by atoms with van der Waals surface area (Å²) in [5.41, 5.74) is 0. The fraction of sp³-hybridized carbons (Fsp3) is 0.667. The third kappa shape index (κ3) is 5.84. The lowest BCUT2D eigenvalue weighted by Gasteiger charge is -1.99. The molecule has 1 heterocycles. The van der Waals surface area contributed by atoms with Crippen LogP contribution in [0.3, 0.4) is 0 Å². The summed E-state index contributed by atoms with van der Waals surface area (Å²) in [6.07, 6.45) is 8.35. The van der Waals surface area contributed by atoms with E-state index in [4.69, 9.17) is 4.55 Å². The van der Waals surface area contributed by atoms with Gasteiger partial charge in [-0.15, -0.1) is 0 Å². The normalized spacial score (nSPS) is 11.9. The molecule has 0 aliphatic heterocycles. The van der Waals surface area contributed by atoms with Crippen molar-refractivity contribution in [1.29, 1.82) is 0 Å². The van der Waals surface area contributed by atoms with Crippen molar-refractivity contribution in [3.63, 3.8) is 0 Å². The highest BCUT2D eigenvalue weighted by Gasteiger charge is 2.03. The lowest BCUT2D eigenvalue weighted by atomic mass is 10.2. The molecule has 1 aromatic heterocycles. The molecule has 1 rings (SSSR count). The Hall–Kier alpha value is -0.920. The Morgan fingerprint density at radius 2 is 2.12 bits per heavy atom. The highest BCUT2D eigenvalue weighted by atomic mass is 32.3. The molecule has 0 bridgehead atoms. The van der Waals surface area contributed by atoms with Gasteiger partial charge in [0.2, 0.25) is 6.33 Å². The van der Waals surface area contributed by atoms with Gasteiger partial charge in [-0.25, -0.2) is 13.3 Å². The van der Waals surface area contributed by atoms with Crippen LogP contribution in [0.15, 0.2) is 18.7 Å². The Kier molecular flexibility index (Phi) is 4.91. The van der Waals surface area contributed by atoms with Gasteiger partial charge in [0, 0.05) is 0 Å². The van der Waals surface area contributed by atoms with Crippen molar-refractivity contribution in [2.75, 3.05) is 6.61 Å². The molecule has 0 spiro atoms. The van der Waals surface area contributed by atoms with Crippen LogP contribution in [-0.2, 0) is 28.2 Å². The molecule has 7 heteroatoms. The standard InChI is InChI=1S/C9H16N2O4S/c1-10-6-7-11(9-10)5-3-2-4-8-15-16(12,13)14/h6-7,9H,2-5,8H2,1H3/p+1. The zero-order valence-electron chi connectivity index (χ0n) is 9.24. The monoisotopic (exact) mass is 249 g/mol. The molecule has 0 saturated carbocycles. The molecule has 1 aromatic rings. The lowest BCUT2D eigenvalue weighted by molar-refractivity contribution is -0.696. The van der Waals surface area contributed by atoms with Crippen LogP contribution in [0, 0.1) is 0 Å². The van der Waals surface area contributed by atoms with E-state index in [0.717, 1.165) is 19.4 Å². The van der Waals surface area contributed by atoms with Gasteiger partial charge in [-0.1, -0.05) is 0 Å². The van der Waals surface area contributed by atoms with E-state index in [1.165, 1.54) is 0 Å². The Morgan fingerprint density at radius 3 is 2.69 bits per heavy atom. The number of aromatic nitrogens is 2. The predicted octanol–water partition coefficient (Wildman–Crippen LogP) is 0.302. The molecule has 6 nitrogen and oxygen atoms in total. The minimum absolute atomic E-state index is 0.0400. The lowest BCUT2D eigenvalue weighted by Crippen LogP contribution is -2.30. The first kappa shape index (κ1) is 13.1. The third-order valence-corrected chi connectivity index (χ3v) is 2.58. The number of imidazole rings is 1. The first-order chi connectivity index (χ1) is 7.47. The van der Waals surface area contributed by atoms with Gasteiger partial charge in [0.15, 0.2) is 0 Å². The zero-order valence-corrected chi connectivity index (χ0v) is 10.1. The molecule has 0 amide bonds. The average Bonchev–Trinajstić information content (AvgIpc) is 2.56. The average molecular weight is 249 g/mol. The van der Waals surface area contributed by atoms with E-state index in [-0.39, 0.29) is 6.61 Å². The maximum Gasteiger partial charge on any atom is 0.397 e. The van der Waals surface area contributed by atoms with Crippen molar-refractivity contribution in [3.05, 3.63) is 18.7 Å². The van der Waals surface area contributed by atoms with E-state index in [2.05, 4.69) is 8.75 Å². The van der Waals surface area contributed by atoms with Gasteiger partial charge >= 0.3 is 10.4 Å². The molecule has 0 aromatic carbocycles. The highest BCUT2D eigenvalue weighted by molar-refractivity contribution is 7.80. The molecule has 0 aliphatic carbocycles. The van der Waals surface area contributed by atoms with Gasteiger partial charge < -0.3 is 0 Å². The smallest absolute Gasteiger partial charge is 0.264 e. The van der Waals surface area contributed by atoms with Crippen LogP contribution < -0.4 is 4.57 Å². The Bertz CT molecular complexity index is 413. The van der Waals surface area contributed by atoms with Crippen molar-refractivity contribution in [1.82, 2.24) is 4.57 Å².